The molecule has 2 aromatic heterocycles. The van der Waals surface area contributed by atoms with Gasteiger partial charge in [-0.15, -0.1) is 0 Å². The number of carbonyl (C=O) groups is 2. The molecule has 0 spiro atoms. The maximum absolute atomic E-state index is 13.2. The number of hydrogen-bond acceptors (Lipinski definition) is 6. The van der Waals surface area contributed by atoms with Crippen molar-refractivity contribution in [3.05, 3.63) is 85.7 Å². The summed E-state index contributed by atoms with van der Waals surface area (Å²) in [6.45, 7) is 2.46. The van der Waals surface area contributed by atoms with Crippen molar-refractivity contribution in [2.24, 2.45) is 0 Å². The molecule has 1 unspecified atom stereocenters. The van der Waals surface area contributed by atoms with E-state index in [0.717, 1.165) is 18.5 Å². The summed E-state index contributed by atoms with van der Waals surface area (Å²) in [6, 6.07) is 7.68. The van der Waals surface area contributed by atoms with Gasteiger partial charge in [-0.1, -0.05) is 12.1 Å². The lowest BCUT2D eigenvalue weighted by molar-refractivity contribution is -0.0139. The van der Waals surface area contributed by atoms with Crippen LogP contribution in [0.3, 0.4) is 0 Å². The summed E-state index contributed by atoms with van der Waals surface area (Å²) < 4.78 is 14.6. The zero-order valence-electron chi connectivity index (χ0n) is 18.2. The average Bonchev–Trinajstić information content (AvgIpc) is 3.34. The number of benzene rings is 1. The van der Waals surface area contributed by atoms with Gasteiger partial charge >= 0.3 is 0 Å². The smallest absolute Gasteiger partial charge is 0.275 e. The second-order valence-electron chi connectivity index (χ2n) is 8.47. The van der Waals surface area contributed by atoms with Crippen LogP contribution in [0.15, 0.2) is 52.1 Å². The molecule has 5 rings (SSSR count). The Kier molecular flexibility index (Phi) is 5.93. The van der Waals surface area contributed by atoms with E-state index >= 15 is 0 Å². The van der Waals surface area contributed by atoms with Crippen molar-refractivity contribution in [2.75, 3.05) is 13.1 Å². The van der Waals surface area contributed by atoms with Gasteiger partial charge in [-0.05, 0) is 46.5 Å². The molecule has 0 saturated carbocycles. The van der Waals surface area contributed by atoms with Crippen molar-refractivity contribution in [1.29, 1.82) is 0 Å². The quantitative estimate of drug-likeness (QED) is 0.582. The number of aromatic nitrogens is 1. The van der Waals surface area contributed by atoms with Crippen LogP contribution >= 0.6 is 11.3 Å². The van der Waals surface area contributed by atoms with Crippen molar-refractivity contribution < 1.29 is 19.1 Å². The highest BCUT2D eigenvalue weighted by atomic mass is 32.1. The molecule has 10 heteroatoms. The Labute approximate surface area is 198 Å². The van der Waals surface area contributed by atoms with Crippen LogP contribution in [-0.2, 0) is 19.6 Å². The van der Waals surface area contributed by atoms with E-state index in [1.54, 1.807) is 16.2 Å². The van der Waals surface area contributed by atoms with Crippen molar-refractivity contribution >= 4 is 23.2 Å². The number of amides is 2. The fraction of sp³-hybridized carbons (Fsp3) is 0.292. The summed E-state index contributed by atoms with van der Waals surface area (Å²) in [7, 11) is 0. The van der Waals surface area contributed by atoms with Gasteiger partial charge in [0.05, 0.1) is 6.54 Å². The first-order chi connectivity index (χ1) is 16.4. The molecular weight excluding hydrogens is 459 g/mol. The van der Waals surface area contributed by atoms with Crippen LogP contribution < -0.4 is 10.7 Å². The molecule has 3 aromatic rings. The Bertz CT molecular complexity index is 1290. The highest BCUT2D eigenvalue weighted by Crippen LogP contribution is 2.29. The van der Waals surface area contributed by atoms with E-state index in [1.807, 2.05) is 5.38 Å². The number of hydrogen-bond donors (Lipinski definition) is 2. The number of halogens is 1. The standard InChI is InChI=1S/C24H23FN4O4S/c25-17-4-2-15(3-5-17)10-26-23(32)18-12-28-13-19-27(11-16-6-9-34-14-16)7-1-8-29(19)24(33)20(28)22(31)21(18)30/h2-6,9,12,14,19,31H,1,7-8,10-11,13H2,(H,26,32). The van der Waals surface area contributed by atoms with Crippen LogP contribution in [0, 0.1) is 5.82 Å². The fourth-order valence-corrected chi connectivity index (χ4v) is 5.22. The highest BCUT2D eigenvalue weighted by molar-refractivity contribution is 7.07. The van der Waals surface area contributed by atoms with Crippen LogP contribution in [0.25, 0.3) is 0 Å². The van der Waals surface area contributed by atoms with E-state index in [1.165, 1.54) is 35.0 Å². The minimum absolute atomic E-state index is 0.0881. The van der Waals surface area contributed by atoms with Crippen LogP contribution in [0.5, 0.6) is 5.75 Å². The number of carbonyl (C=O) groups excluding carboxylic acids is 2. The van der Waals surface area contributed by atoms with E-state index in [2.05, 4.69) is 21.7 Å². The van der Waals surface area contributed by atoms with Crippen molar-refractivity contribution in [3.63, 3.8) is 0 Å². The first kappa shape index (κ1) is 22.3. The SMILES string of the molecule is O=C(NCc1ccc(F)cc1)c1cn2c(c(O)c1=O)C(=O)N1CCCN(Cc3ccsc3)C1C2. The Morgan fingerprint density at radius 1 is 1.15 bits per heavy atom. The normalized spacial score (nSPS) is 17.9. The summed E-state index contributed by atoms with van der Waals surface area (Å²) in [5.41, 5.74) is 0.600. The number of thiophene rings is 1. The summed E-state index contributed by atoms with van der Waals surface area (Å²) in [6.07, 6.45) is 1.90. The fourth-order valence-electron chi connectivity index (χ4n) is 4.56. The van der Waals surface area contributed by atoms with Crippen molar-refractivity contribution in [1.82, 2.24) is 19.7 Å². The molecule has 34 heavy (non-hydrogen) atoms. The molecular formula is C24H23FN4O4S. The third-order valence-corrected chi connectivity index (χ3v) is 7.01. The number of nitrogens with zero attached hydrogens (tertiary/aromatic N) is 3. The lowest BCUT2D eigenvalue weighted by atomic mass is 10.1. The molecule has 1 aromatic carbocycles. The molecule has 1 fully saturated rings. The molecule has 0 radical (unpaired) electrons. The summed E-state index contributed by atoms with van der Waals surface area (Å²) in [5, 5.41) is 17.3. The molecule has 4 heterocycles. The number of rotatable bonds is 5. The summed E-state index contributed by atoms with van der Waals surface area (Å²) in [4.78, 5) is 42.7. The molecule has 2 amide bonds. The van der Waals surface area contributed by atoms with Gasteiger partial charge in [-0.25, -0.2) is 4.39 Å². The molecule has 2 N–H and O–H groups in total. The van der Waals surface area contributed by atoms with E-state index in [4.69, 9.17) is 0 Å². The molecule has 1 saturated heterocycles. The van der Waals surface area contributed by atoms with E-state index in [9.17, 15) is 23.9 Å². The van der Waals surface area contributed by atoms with Crippen LogP contribution in [0.4, 0.5) is 4.39 Å². The Morgan fingerprint density at radius 2 is 1.94 bits per heavy atom. The third kappa shape index (κ3) is 4.10. The first-order valence-electron chi connectivity index (χ1n) is 11.0. The number of aromatic hydroxyl groups is 1. The number of pyridine rings is 1. The molecule has 8 nitrogen and oxygen atoms in total. The molecule has 2 aliphatic rings. The van der Waals surface area contributed by atoms with E-state index in [-0.39, 0.29) is 29.8 Å². The van der Waals surface area contributed by atoms with Gasteiger partial charge in [0, 0.05) is 32.4 Å². The number of nitrogens with one attached hydrogen (secondary N) is 1. The zero-order chi connectivity index (χ0) is 23.8. The zero-order valence-corrected chi connectivity index (χ0v) is 19.1. The average molecular weight is 483 g/mol. The largest absolute Gasteiger partial charge is 0.503 e. The monoisotopic (exact) mass is 482 g/mol. The van der Waals surface area contributed by atoms with Crippen LogP contribution in [-0.4, -0.2) is 50.5 Å². The van der Waals surface area contributed by atoms with Crippen LogP contribution in [0.1, 0.15) is 38.4 Å². The number of fused-ring (bicyclic) bond motifs is 2. The summed E-state index contributed by atoms with van der Waals surface area (Å²) >= 11 is 1.62. The Hall–Kier alpha value is -3.50. The minimum atomic E-state index is -0.887. The topological polar surface area (TPSA) is 94.9 Å². The van der Waals surface area contributed by atoms with Gasteiger partial charge in [0.2, 0.25) is 5.43 Å². The van der Waals surface area contributed by atoms with Crippen molar-refractivity contribution in [2.45, 2.75) is 32.2 Å². The third-order valence-electron chi connectivity index (χ3n) is 6.28. The minimum Gasteiger partial charge on any atom is -0.503 e. The van der Waals surface area contributed by atoms with Gasteiger partial charge in [0.15, 0.2) is 11.4 Å². The van der Waals surface area contributed by atoms with Gasteiger partial charge in [0.1, 0.15) is 17.5 Å². The lowest BCUT2D eigenvalue weighted by Crippen LogP contribution is -2.60. The second kappa shape index (κ2) is 9.03. The predicted molar refractivity (Wildman–Crippen MR) is 124 cm³/mol. The lowest BCUT2D eigenvalue weighted by Gasteiger charge is -2.47. The first-order valence-corrected chi connectivity index (χ1v) is 11.9. The molecule has 0 bridgehead atoms. The highest BCUT2D eigenvalue weighted by Gasteiger charge is 2.40. The Balaban J connectivity index is 1.42. The Morgan fingerprint density at radius 3 is 2.68 bits per heavy atom. The van der Waals surface area contributed by atoms with Gasteiger partial charge in [0.25, 0.3) is 11.8 Å². The second-order valence-corrected chi connectivity index (χ2v) is 9.25. The van der Waals surface area contributed by atoms with Crippen molar-refractivity contribution in [3.8, 4) is 5.75 Å². The molecule has 2 aliphatic heterocycles. The van der Waals surface area contributed by atoms with E-state index in [0.29, 0.717) is 25.2 Å². The van der Waals surface area contributed by atoms with Gasteiger partial charge < -0.3 is 19.9 Å². The van der Waals surface area contributed by atoms with E-state index < -0.39 is 23.0 Å². The molecule has 1 atom stereocenters. The van der Waals surface area contributed by atoms with Crippen LogP contribution in [0.2, 0.25) is 0 Å². The predicted octanol–water partition coefficient (Wildman–Crippen LogP) is 2.37. The molecule has 0 aliphatic carbocycles. The maximum atomic E-state index is 13.2. The summed E-state index contributed by atoms with van der Waals surface area (Å²) in [5.74, 6) is -2.19. The maximum Gasteiger partial charge on any atom is 0.275 e. The van der Waals surface area contributed by atoms with Gasteiger partial charge in [-0.2, -0.15) is 11.3 Å². The van der Waals surface area contributed by atoms with Gasteiger partial charge in [-0.3, -0.25) is 19.3 Å². The molecule has 176 valence electrons.